The fraction of sp³-hybridized carbons (Fsp3) is 0.429. The number of aromatic nitrogens is 4. The molecule has 1 aromatic carbocycles. The van der Waals surface area contributed by atoms with Gasteiger partial charge >= 0.3 is 0 Å². The molecule has 1 aliphatic rings. The summed E-state index contributed by atoms with van der Waals surface area (Å²) in [7, 11) is 0. The van der Waals surface area contributed by atoms with Gasteiger partial charge in [0.1, 0.15) is 0 Å². The molecule has 0 bridgehead atoms. The van der Waals surface area contributed by atoms with Crippen molar-refractivity contribution in [2.24, 2.45) is 0 Å². The van der Waals surface area contributed by atoms with Crippen molar-refractivity contribution in [3.05, 3.63) is 51.8 Å². The molecule has 0 atom stereocenters. The molecule has 0 aliphatic heterocycles. The Kier molecular flexibility index (Phi) is 6.06. The Bertz CT molecular complexity index is 1040. The van der Waals surface area contributed by atoms with Crippen LogP contribution >= 0.6 is 23.4 Å². The molecular formula is C21H24ClN5OS. The summed E-state index contributed by atoms with van der Waals surface area (Å²) in [6.07, 6.45) is 5.30. The third-order valence-electron chi connectivity index (χ3n) is 5.35. The van der Waals surface area contributed by atoms with Crippen LogP contribution in [0, 0.1) is 13.8 Å². The minimum atomic E-state index is 0.0447. The quantitative estimate of drug-likeness (QED) is 0.596. The molecule has 8 heteroatoms. The van der Waals surface area contributed by atoms with E-state index in [4.69, 9.17) is 11.6 Å². The molecule has 6 nitrogen and oxygen atoms in total. The van der Waals surface area contributed by atoms with Gasteiger partial charge in [-0.1, -0.05) is 48.3 Å². The molecule has 1 N–H and O–H groups in total. The molecule has 3 aromatic rings. The Balaban J connectivity index is 1.49. The van der Waals surface area contributed by atoms with Crippen LogP contribution in [0.1, 0.15) is 48.2 Å². The van der Waals surface area contributed by atoms with Gasteiger partial charge in [0.05, 0.1) is 5.75 Å². The number of halogens is 1. The minimum Gasteiger partial charge on any atom is -0.353 e. The SMILES string of the molecule is Cc1nc2nc(SCC(=O)NC3CCCC3)nn2c(C)c1Cc1cccc(Cl)c1. The number of rotatable bonds is 6. The Hall–Kier alpha value is -2.12. The maximum absolute atomic E-state index is 12.2. The van der Waals surface area contributed by atoms with Gasteiger partial charge in [-0.2, -0.15) is 4.98 Å². The van der Waals surface area contributed by atoms with Crippen LogP contribution in [0.15, 0.2) is 29.4 Å². The first-order valence-electron chi connectivity index (χ1n) is 9.89. The normalized spacial score (nSPS) is 14.6. The summed E-state index contributed by atoms with van der Waals surface area (Å²) in [6.45, 7) is 4.01. The molecule has 152 valence electrons. The van der Waals surface area contributed by atoms with E-state index < -0.39 is 0 Å². The van der Waals surface area contributed by atoms with E-state index >= 15 is 0 Å². The lowest BCUT2D eigenvalue weighted by molar-refractivity contribution is -0.119. The number of carbonyl (C=O) groups excluding carboxylic acids is 1. The number of nitrogens with one attached hydrogen (secondary N) is 1. The summed E-state index contributed by atoms with van der Waals surface area (Å²) in [5.41, 5.74) is 4.17. The van der Waals surface area contributed by atoms with Gasteiger partial charge in [-0.15, -0.1) is 5.10 Å². The van der Waals surface area contributed by atoms with E-state index in [1.807, 2.05) is 32.0 Å². The highest BCUT2D eigenvalue weighted by molar-refractivity contribution is 7.99. The number of aryl methyl sites for hydroxylation is 2. The van der Waals surface area contributed by atoms with Crippen molar-refractivity contribution < 1.29 is 4.79 Å². The summed E-state index contributed by atoms with van der Waals surface area (Å²) in [5, 5.41) is 8.97. The van der Waals surface area contributed by atoms with Gasteiger partial charge in [0.15, 0.2) is 0 Å². The summed E-state index contributed by atoms with van der Waals surface area (Å²) >= 11 is 7.48. The highest BCUT2D eigenvalue weighted by Gasteiger charge is 2.18. The largest absolute Gasteiger partial charge is 0.353 e. The summed E-state index contributed by atoms with van der Waals surface area (Å²) in [4.78, 5) is 21.3. The van der Waals surface area contributed by atoms with Crippen molar-refractivity contribution in [3.8, 4) is 0 Å². The molecule has 1 aliphatic carbocycles. The van der Waals surface area contributed by atoms with Crippen molar-refractivity contribution in [2.75, 3.05) is 5.75 Å². The minimum absolute atomic E-state index is 0.0447. The second-order valence-electron chi connectivity index (χ2n) is 7.51. The van der Waals surface area contributed by atoms with Crippen LogP contribution in [-0.4, -0.2) is 37.3 Å². The van der Waals surface area contributed by atoms with Crippen molar-refractivity contribution in [3.63, 3.8) is 0 Å². The summed E-state index contributed by atoms with van der Waals surface area (Å²) in [6, 6.07) is 8.18. The third kappa shape index (κ3) is 4.73. The molecule has 0 radical (unpaired) electrons. The molecule has 29 heavy (non-hydrogen) atoms. The lowest BCUT2D eigenvalue weighted by atomic mass is 10.0. The molecular weight excluding hydrogens is 406 g/mol. The van der Waals surface area contributed by atoms with Gasteiger partial charge in [-0.05, 0) is 49.9 Å². The number of benzene rings is 1. The van der Waals surface area contributed by atoms with E-state index in [1.165, 1.54) is 24.6 Å². The second-order valence-corrected chi connectivity index (χ2v) is 8.89. The lowest BCUT2D eigenvalue weighted by Crippen LogP contribution is -2.33. The fourth-order valence-electron chi connectivity index (χ4n) is 3.83. The van der Waals surface area contributed by atoms with Crippen LogP contribution < -0.4 is 5.32 Å². The van der Waals surface area contributed by atoms with Gasteiger partial charge in [-0.25, -0.2) is 9.50 Å². The number of carbonyl (C=O) groups is 1. The maximum atomic E-state index is 12.2. The predicted molar refractivity (Wildman–Crippen MR) is 116 cm³/mol. The Labute approximate surface area is 179 Å². The van der Waals surface area contributed by atoms with Crippen LogP contribution in [0.2, 0.25) is 5.02 Å². The van der Waals surface area contributed by atoms with E-state index in [0.29, 0.717) is 22.7 Å². The predicted octanol–water partition coefficient (Wildman–Crippen LogP) is 4.14. The molecule has 1 amide bonds. The van der Waals surface area contributed by atoms with Crippen molar-refractivity contribution >= 4 is 35.0 Å². The van der Waals surface area contributed by atoms with E-state index in [9.17, 15) is 4.79 Å². The molecule has 0 saturated heterocycles. The number of amides is 1. The van der Waals surface area contributed by atoms with Crippen molar-refractivity contribution in [1.29, 1.82) is 0 Å². The highest BCUT2D eigenvalue weighted by atomic mass is 35.5. The second kappa shape index (κ2) is 8.71. The summed E-state index contributed by atoms with van der Waals surface area (Å²) < 4.78 is 1.77. The molecule has 1 saturated carbocycles. The lowest BCUT2D eigenvalue weighted by Gasteiger charge is -2.10. The number of thioether (sulfide) groups is 1. The Morgan fingerprint density at radius 1 is 1.28 bits per heavy atom. The zero-order valence-corrected chi connectivity index (χ0v) is 18.2. The Morgan fingerprint density at radius 2 is 2.07 bits per heavy atom. The van der Waals surface area contributed by atoms with Crippen molar-refractivity contribution in [1.82, 2.24) is 24.9 Å². The first-order valence-corrected chi connectivity index (χ1v) is 11.3. The van der Waals surface area contributed by atoms with E-state index in [-0.39, 0.29) is 5.91 Å². The first kappa shape index (κ1) is 20.2. The molecule has 2 heterocycles. The monoisotopic (exact) mass is 429 g/mol. The average molecular weight is 430 g/mol. The van der Waals surface area contributed by atoms with E-state index in [0.717, 1.165) is 46.8 Å². The van der Waals surface area contributed by atoms with E-state index in [1.54, 1.807) is 4.52 Å². The summed E-state index contributed by atoms with van der Waals surface area (Å²) in [5.74, 6) is 0.928. The van der Waals surface area contributed by atoms with Crippen LogP contribution in [0.3, 0.4) is 0 Å². The number of nitrogens with zero attached hydrogens (tertiary/aromatic N) is 4. The van der Waals surface area contributed by atoms with Gasteiger partial charge in [-0.3, -0.25) is 4.79 Å². The zero-order valence-electron chi connectivity index (χ0n) is 16.6. The van der Waals surface area contributed by atoms with E-state index in [2.05, 4.69) is 26.4 Å². The van der Waals surface area contributed by atoms with Gasteiger partial charge in [0, 0.05) is 28.9 Å². The zero-order chi connectivity index (χ0) is 20.4. The van der Waals surface area contributed by atoms with Crippen LogP contribution in [0.4, 0.5) is 0 Å². The van der Waals surface area contributed by atoms with Crippen LogP contribution in [0.25, 0.3) is 5.78 Å². The number of hydrogen-bond donors (Lipinski definition) is 1. The van der Waals surface area contributed by atoms with Gasteiger partial charge < -0.3 is 5.32 Å². The highest BCUT2D eigenvalue weighted by Crippen LogP contribution is 2.22. The fourth-order valence-corrected chi connectivity index (χ4v) is 4.67. The third-order valence-corrected chi connectivity index (χ3v) is 6.42. The Morgan fingerprint density at radius 3 is 2.83 bits per heavy atom. The maximum Gasteiger partial charge on any atom is 0.253 e. The smallest absolute Gasteiger partial charge is 0.253 e. The molecule has 1 fully saturated rings. The topological polar surface area (TPSA) is 72.2 Å². The molecule has 4 rings (SSSR count). The van der Waals surface area contributed by atoms with Crippen molar-refractivity contribution in [2.45, 2.75) is 57.1 Å². The standard InChI is InChI=1S/C21H24ClN5OS/c1-13-18(11-15-6-5-7-16(22)10-15)14(2)27-20(23-13)25-21(26-27)29-12-19(28)24-17-8-3-4-9-17/h5-7,10,17H,3-4,8-9,11-12H2,1-2H3,(H,24,28). The number of fused-ring (bicyclic) bond motifs is 1. The van der Waals surface area contributed by atoms with Gasteiger partial charge in [0.2, 0.25) is 11.1 Å². The van der Waals surface area contributed by atoms with Crippen LogP contribution in [-0.2, 0) is 11.2 Å². The van der Waals surface area contributed by atoms with Gasteiger partial charge in [0.25, 0.3) is 5.78 Å². The molecule has 0 unspecified atom stereocenters. The van der Waals surface area contributed by atoms with Crippen LogP contribution in [0.5, 0.6) is 0 Å². The molecule has 2 aromatic heterocycles. The first-order chi connectivity index (χ1) is 14.0. The molecule has 0 spiro atoms. The number of hydrogen-bond acceptors (Lipinski definition) is 5. The average Bonchev–Trinajstić information content (AvgIpc) is 3.33.